The molecule has 0 unspecified atom stereocenters. The molecule has 0 aliphatic rings. The van der Waals surface area contributed by atoms with Gasteiger partial charge in [0.2, 0.25) is 0 Å². The first-order valence-corrected chi connectivity index (χ1v) is 4.77. The maximum Gasteiger partial charge on any atom is 0.340 e. The summed E-state index contributed by atoms with van der Waals surface area (Å²) < 4.78 is 18.1. The average Bonchev–Trinajstić information content (AvgIpc) is 2.26. The molecule has 1 aromatic rings. The second kappa shape index (κ2) is 5.30. The van der Waals surface area contributed by atoms with Gasteiger partial charge in [0.15, 0.2) is 0 Å². The van der Waals surface area contributed by atoms with E-state index in [9.17, 15) is 9.18 Å². The van der Waals surface area contributed by atoms with E-state index < -0.39 is 11.8 Å². The summed E-state index contributed by atoms with van der Waals surface area (Å²) in [5, 5.41) is 0. The highest BCUT2D eigenvalue weighted by molar-refractivity contribution is 6.16. The zero-order valence-electron chi connectivity index (χ0n) is 9.53. The van der Waals surface area contributed by atoms with Crippen LogP contribution in [-0.4, -0.2) is 32.1 Å². The highest BCUT2D eigenvalue weighted by Gasteiger charge is 2.16. The first kappa shape index (κ1) is 12.2. The Morgan fingerprint density at radius 3 is 2.50 bits per heavy atom. The molecule has 0 aromatic heterocycles. The highest BCUT2D eigenvalue weighted by atomic mass is 19.1. The third kappa shape index (κ3) is 2.82. The number of nitrogens with zero attached hydrogens (tertiary/aromatic N) is 1. The smallest absolute Gasteiger partial charge is 0.340 e. The molecule has 16 heavy (non-hydrogen) atoms. The van der Waals surface area contributed by atoms with Gasteiger partial charge in [0.05, 0.1) is 12.7 Å². The largest absolute Gasteiger partial charge is 0.465 e. The molecule has 0 aliphatic carbocycles. The molecule has 0 spiro atoms. The summed E-state index contributed by atoms with van der Waals surface area (Å²) in [6.45, 7) is 0. The molecule has 0 atom stereocenters. The Hall–Kier alpha value is -1.84. The number of benzene rings is 1. The van der Waals surface area contributed by atoms with Crippen LogP contribution in [-0.2, 0) is 9.53 Å². The zero-order valence-corrected chi connectivity index (χ0v) is 9.53. The van der Waals surface area contributed by atoms with Gasteiger partial charge in [-0.15, -0.1) is 0 Å². The zero-order chi connectivity index (χ0) is 12.1. The van der Waals surface area contributed by atoms with Crippen LogP contribution in [0.25, 0.3) is 5.57 Å². The Morgan fingerprint density at radius 2 is 2.00 bits per heavy atom. The van der Waals surface area contributed by atoms with Crippen LogP contribution in [0.2, 0.25) is 0 Å². The molecule has 0 saturated heterocycles. The van der Waals surface area contributed by atoms with Gasteiger partial charge in [-0.25, -0.2) is 9.18 Å². The number of hydrogen-bond donors (Lipinski definition) is 0. The Labute approximate surface area is 94.1 Å². The number of methoxy groups -OCH3 is 1. The number of halogens is 1. The monoisotopic (exact) mass is 223 g/mol. The Bertz CT molecular complexity index is 413. The van der Waals surface area contributed by atoms with Crippen molar-refractivity contribution in [3.63, 3.8) is 0 Å². The molecule has 0 N–H and O–H groups in total. The van der Waals surface area contributed by atoms with E-state index >= 15 is 0 Å². The van der Waals surface area contributed by atoms with Crippen LogP contribution in [0.1, 0.15) is 5.56 Å². The van der Waals surface area contributed by atoms with Gasteiger partial charge in [-0.05, 0) is 6.07 Å². The van der Waals surface area contributed by atoms with Crippen molar-refractivity contribution in [3.8, 4) is 0 Å². The number of carbonyl (C=O) groups is 1. The molecule has 4 heteroatoms. The van der Waals surface area contributed by atoms with Crippen molar-refractivity contribution in [2.45, 2.75) is 0 Å². The van der Waals surface area contributed by atoms with E-state index in [-0.39, 0.29) is 11.1 Å². The number of carbonyl (C=O) groups excluding carboxylic acids is 1. The molecule has 1 aromatic carbocycles. The fourth-order valence-electron chi connectivity index (χ4n) is 1.28. The SMILES string of the molecule is COC(=O)C(=CN(C)C)c1ccccc1F. The van der Waals surface area contributed by atoms with Gasteiger partial charge in [-0.3, -0.25) is 0 Å². The lowest BCUT2D eigenvalue weighted by atomic mass is 10.1. The average molecular weight is 223 g/mol. The molecular weight excluding hydrogens is 209 g/mol. The van der Waals surface area contributed by atoms with Gasteiger partial charge in [0.25, 0.3) is 0 Å². The van der Waals surface area contributed by atoms with Gasteiger partial charge in [0.1, 0.15) is 5.82 Å². The standard InChI is InChI=1S/C12H14FNO2/c1-14(2)8-10(12(15)16-3)9-6-4-5-7-11(9)13/h4-8H,1-3H3. The number of ether oxygens (including phenoxy) is 1. The minimum atomic E-state index is -0.557. The first-order valence-electron chi connectivity index (χ1n) is 4.77. The number of hydrogen-bond acceptors (Lipinski definition) is 3. The van der Waals surface area contributed by atoms with Gasteiger partial charge in [-0.1, -0.05) is 18.2 Å². The number of rotatable bonds is 3. The second-order valence-electron chi connectivity index (χ2n) is 3.48. The molecule has 0 aliphatic heterocycles. The molecule has 0 saturated carbocycles. The van der Waals surface area contributed by atoms with Gasteiger partial charge in [-0.2, -0.15) is 0 Å². The quantitative estimate of drug-likeness (QED) is 0.579. The van der Waals surface area contributed by atoms with Gasteiger partial charge < -0.3 is 9.64 Å². The van der Waals surface area contributed by atoms with Crippen LogP contribution in [0, 0.1) is 5.82 Å². The molecule has 0 fully saturated rings. The highest BCUT2D eigenvalue weighted by Crippen LogP contribution is 2.19. The maximum atomic E-state index is 13.5. The summed E-state index contributed by atoms with van der Waals surface area (Å²) in [7, 11) is 4.78. The number of esters is 1. The van der Waals surface area contributed by atoms with Crippen molar-refractivity contribution in [2.75, 3.05) is 21.2 Å². The van der Waals surface area contributed by atoms with Crippen molar-refractivity contribution in [1.82, 2.24) is 4.90 Å². The topological polar surface area (TPSA) is 29.5 Å². The van der Waals surface area contributed by atoms with Crippen LogP contribution < -0.4 is 0 Å². The Balaban J connectivity index is 3.22. The van der Waals surface area contributed by atoms with Gasteiger partial charge >= 0.3 is 5.97 Å². The summed E-state index contributed by atoms with van der Waals surface area (Å²) >= 11 is 0. The summed E-state index contributed by atoms with van der Waals surface area (Å²) in [4.78, 5) is 13.2. The molecule has 0 radical (unpaired) electrons. The summed E-state index contributed by atoms with van der Waals surface area (Å²) in [6, 6.07) is 6.09. The van der Waals surface area contributed by atoms with Crippen LogP contribution >= 0.6 is 0 Å². The fraction of sp³-hybridized carbons (Fsp3) is 0.250. The van der Waals surface area contributed by atoms with Crippen molar-refractivity contribution in [1.29, 1.82) is 0 Å². The van der Waals surface area contributed by atoms with Crippen LogP contribution in [0.4, 0.5) is 4.39 Å². The van der Waals surface area contributed by atoms with E-state index in [1.165, 1.54) is 19.4 Å². The minimum absolute atomic E-state index is 0.200. The van der Waals surface area contributed by atoms with Crippen LogP contribution in [0.5, 0.6) is 0 Å². The summed E-state index contributed by atoms with van der Waals surface area (Å²) in [5.74, 6) is -1.00. The molecule has 0 amide bonds. The van der Waals surface area contributed by atoms with Crippen molar-refractivity contribution >= 4 is 11.5 Å². The molecule has 3 nitrogen and oxygen atoms in total. The van der Waals surface area contributed by atoms with Gasteiger partial charge in [0, 0.05) is 25.9 Å². The fourth-order valence-corrected chi connectivity index (χ4v) is 1.28. The normalized spacial score (nSPS) is 11.1. The Kier molecular flexibility index (Phi) is 4.05. The third-order valence-corrected chi connectivity index (χ3v) is 1.96. The van der Waals surface area contributed by atoms with Crippen molar-refractivity contribution in [3.05, 3.63) is 41.8 Å². The van der Waals surface area contributed by atoms with E-state index in [1.807, 2.05) is 0 Å². The lowest BCUT2D eigenvalue weighted by Crippen LogP contribution is -2.11. The lowest BCUT2D eigenvalue weighted by Gasteiger charge is -2.11. The van der Waals surface area contributed by atoms with E-state index in [0.717, 1.165) is 0 Å². The second-order valence-corrected chi connectivity index (χ2v) is 3.48. The lowest BCUT2D eigenvalue weighted by molar-refractivity contribution is -0.133. The molecular formula is C12H14FNO2. The summed E-state index contributed by atoms with van der Waals surface area (Å²) in [5.41, 5.74) is 0.439. The maximum absolute atomic E-state index is 13.5. The van der Waals surface area contributed by atoms with E-state index in [0.29, 0.717) is 0 Å². The first-order chi connectivity index (χ1) is 7.56. The molecule has 0 bridgehead atoms. The minimum Gasteiger partial charge on any atom is -0.465 e. The van der Waals surface area contributed by atoms with E-state index in [4.69, 9.17) is 0 Å². The Morgan fingerprint density at radius 1 is 1.38 bits per heavy atom. The van der Waals surface area contributed by atoms with E-state index in [2.05, 4.69) is 4.74 Å². The molecule has 1 rings (SSSR count). The third-order valence-electron chi connectivity index (χ3n) is 1.96. The predicted molar refractivity (Wildman–Crippen MR) is 60.1 cm³/mol. The van der Waals surface area contributed by atoms with Crippen molar-refractivity contribution < 1.29 is 13.9 Å². The molecule has 0 heterocycles. The predicted octanol–water partition coefficient (Wildman–Crippen LogP) is 1.90. The van der Waals surface area contributed by atoms with E-state index in [1.54, 1.807) is 37.2 Å². The summed E-state index contributed by atoms with van der Waals surface area (Å²) in [6.07, 6.45) is 1.53. The van der Waals surface area contributed by atoms with Crippen LogP contribution in [0.15, 0.2) is 30.5 Å². The van der Waals surface area contributed by atoms with Crippen molar-refractivity contribution in [2.24, 2.45) is 0 Å². The van der Waals surface area contributed by atoms with Crippen LogP contribution in [0.3, 0.4) is 0 Å². The molecule has 86 valence electrons.